The van der Waals surface area contributed by atoms with E-state index in [0.29, 0.717) is 25.7 Å². The Hall–Kier alpha value is -2.18. The fourth-order valence-corrected chi connectivity index (χ4v) is 2.82. The van der Waals surface area contributed by atoms with Gasteiger partial charge in [0.1, 0.15) is 0 Å². The second-order valence-corrected chi connectivity index (χ2v) is 6.30. The van der Waals surface area contributed by atoms with E-state index in [0.717, 1.165) is 12.5 Å². The Labute approximate surface area is 139 Å². The minimum Gasteiger partial charge on any atom is -0.481 e. The molecule has 7 heteroatoms. The number of amides is 2. The first-order valence-electron chi connectivity index (χ1n) is 8.00. The van der Waals surface area contributed by atoms with Gasteiger partial charge in [0.25, 0.3) is 5.92 Å². The van der Waals surface area contributed by atoms with E-state index in [-0.39, 0.29) is 30.1 Å². The molecule has 2 rings (SSSR count). The first-order chi connectivity index (χ1) is 11.3. The Morgan fingerprint density at radius 1 is 1.17 bits per heavy atom. The molecule has 1 saturated carbocycles. The van der Waals surface area contributed by atoms with E-state index in [2.05, 4.69) is 10.6 Å². The first-order valence-corrected chi connectivity index (χ1v) is 8.00. The number of hydrogen-bond donors (Lipinski definition) is 3. The van der Waals surface area contributed by atoms with E-state index in [4.69, 9.17) is 5.11 Å². The van der Waals surface area contributed by atoms with Crippen LogP contribution in [0.15, 0.2) is 24.3 Å². The number of carboxylic acid groups (broad SMARTS) is 1. The van der Waals surface area contributed by atoms with Crippen molar-refractivity contribution < 1.29 is 23.5 Å². The van der Waals surface area contributed by atoms with Crippen molar-refractivity contribution in [3.63, 3.8) is 0 Å². The summed E-state index contributed by atoms with van der Waals surface area (Å²) in [6.07, 6.45) is 2.41. The van der Waals surface area contributed by atoms with E-state index in [1.165, 1.54) is 12.1 Å². The van der Waals surface area contributed by atoms with Crippen molar-refractivity contribution in [2.45, 2.75) is 51.1 Å². The SMILES string of the molecule is CC(F)(F)c1ccc(CNC(=O)NC2CCC(C(=O)O)CC2)cc1. The van der Waals surface area contributed by atoms with Gasteiger partial charge in [0, 0.05) is 25.1 Å². The van der Waals surface area contributed by atoms with Gasteiger partial charge in [-0.1, -0.05) is 24.3 Å². The predicted octanol–water partition coefficient (Wildman–Crippen LogP) is 3.24. The third-order valence-electron chi connectivity index (χ3n) is 4.33. The fraction of sp³-hybridized carbons (Fsp3) is 0.529. The quantitative estimate of drug-likeness (QED) is 0.770. The van der Waals surface area contributed by atoms with Gasteiger partial charge in [-0.2, -0.15) is 0 Å². The number of nitrogens with one attached hydrogen (secondary N) is 2. The Kier molecular flexibility index (Phi) is 5.75. The molecule has 2 amide bonds. The Morgan fingerprint density at radius 2 is 1.75 bits per heavy atom. The van der Waals surface area contributed by atoms with E-state index >= 15 is 0 Å². The molecule has 1 fully saturated rings. The molecule has 0 aromatic heterocycles. The number of carbonyl (C=O) groups is 2. The van der Waals surface area contributed by atoms with Gasteiger partial charge >= 0.3 is 12.0 Å². The van der Waals surface area contributed by atoms with Gasteiger partial charge in [0.2, 0.25) is 0 Å². The molecular formula is C17H22F2N2O3. The van der Waals surface area contributed by atoms with Crippen LogP contribution in [0.25, 0.3) is 0 Å². The molecule has 0 radical (unpaired) electrons. The molecule has 0 heterocycles. The monoisotopic (exact) mass is 340 g/mol. The Bertz CT molecular complexity index is 576. The van der Waals surface area contributed by atoms with Crippen molar-refractivity contribution in [3.8, 4) is 0 Å². The molecule has 0 unspecified atom stereocenters. The molecule has 0 spiro atoms. The summed E-state index contributed by atoms with van der Waals surface area (Å²) in [5, 5.41) is 14.4. The lowest BCUT2D eigenvalue weighted by molar-refractivity contribution is -0.142. The second-order valence-electron chi connectivity index (χ2n) is 6.30. The van der Waals surface area contributed by atoms with Crippen LogP contribution in [0.2, 0.25) is 0 Å². The van der Waals surface area contributed by atoms with E-state index in [9.17, 15) is 18.4 Å². The van der Waals surface area contributed by atoms with Crippen LogP contribution in [-0.2, 0) is 17.3 Å². The minimum absolute atomic E-state index is 0.0261. The third kappa shape index (κ3) is 5.18. The maximum Gasteiger partial charge on any atom is 0.315 e. The lowest BCUT2D eigenvalue weighted by atomic mass is 9.86. The van der Waals surface area contributed by atoms with Gasteiger partial charge in [-0.05, 0) is 31.2 Å². The Balaban J connectivity index is 1.75. The zero-order chi connectivity index (χ0) is 17.7. The van der Waals surface area contributed by atoms with Crippen molar-refractivity contribution in [1.29, 1.82) is 0 Å². The maximum atomic E-state index is 13.1. The normalized spacial score (nSPS) is 21.1. The molecular weight excluding hydrogens is 318 g/mol. The summed E-state index contributed by atoms with van der Waals surface area (Å²) in [5.74, 6) is -3.97. The van der Waals surface area contributed by atoms with Crippen molar-refractivity contribution in [3.05, 3.63) is 35.4 Å². The number of halogens is 2. The smallest absolute Gasteiger partial charge is 0.315 e. The molecule has 1 aromatic carbocycles. The summed E-state index contributed by atoms with van der Waals surface area (Å²) in [4.78, 5) is 22.7. The van der Waals surface area contributed by atoms with Crippen LogP contribution in [-0.4, -0.2) is 23.1 Å². The zero-order valence-electron chi connectivity index (χ0n) is 13.5. The standard InChI is InChI=1S/C17H22F2N2O3/c1-17(18,19)13-6-2-11(3-7-13)10-20-16(24)21-14-8-4-12(5-9-14)15(22)23/h2-3,6-7,12,14H,4-5,8-10H2,1H3,(H,22,23)(H2,20,21,24). The van der Waals surface area contributed by atoms with Gasteiger partial charge in [-0.3, -0.25) is 4.79 Å². The van der Waals surface area contributed by atoms with Crippen molar-refractivity contribution in [1.82, 2.24) is 10.6 Å². The third-order valence-corrected chi connectivity index (χ3v) is 4.33. The molecule has 5 nitrogen and oxygen atoms in total. The number of carbonyl (C=O) groups excluding carboxylic acids is 1. The highest BCUT2D eigenvalue weighted by Crippen LogP contribution is 2.27. The van der Waals surface area contributed by atoms with Crippen LogP contribution in [0.5, 0.6) is 0 Å². The maximum absolute atomic E-state index is 13.1. The molecule has 0 aliphatic heterocycles. The lowest BCUT2D eigenvalue weighted by Gasteiger charge is -2.26. The highest BCUT2D eigenvalue weighted by Gasteiger charge is 2.26. The first kappa shape index (κ1) is 18.2. The summed E-state index contributed by atoms with van der Waals surface area (Å²) >= 11 is 0. The summed E-state index contributed by atoms with van der Waals surface area (Å²) in [6.45, 7) is 1.08. The predicted molar refractivity (Wildman–Crippen MR) is 84.8 cm³/mol. The minimum atomic E-state index is -2.88. The number of benzene rings is 1. The molecule has 1 aliphatic rings. The van der Waals surface area contributed by atoms with Gasteiger partial charge in [0.05, 0.1) is 5.92 Å². The average Bonchev–Trinajstić information content (AvgIpc) is 2.53. The van der Waals surface area contributed by atoms with Crippen LogP contribution in [0.1, 0.15) is 43.7 Å². The number of aliphatic carboxylic acids is 1. The van der Waals surface area contributed by atoms with Crippen LogP contribution in [0.3, 0.4) is 0 Å². The fourth-order valence-electron chi connectivity index (χ4n) is 2.82. The van der Waals surface area contributed by atoms with Crippen LogP contribution in [0, 0.1) is 5.92 Å². The van der Waals surface area contributed by atoms with Gasteiger partial charge in [-0.25, -0.2) is 13.6 Å². The topological polar surface area (TPSA) is 78.4 Å². The van der Waals surface area contributed by atoms with E-state index < -0.39 is 11.9 Å². The number of rotatable bonds is 5. The summed E-state index contributed by atoms with van der Waals surface area (Å²) in [7, 11) is 0. The Morgan fingerprint density at radius 3 is 2.25 bits per heavy atom. The molecule has 132 valence electrons. The number of alkyl halides is 2. The molecule has 1 aromatic rings. The largest absolute Gasteiger partial charge is 0.481 e. The zero-order valence-corrected chi connectivity index (χ0v) is 13.5. The molecule has 0 atom stereocenters. The van der Waals surface area contributed by atoms with Gasteiger partial charge in [-0.15, -0.1) is 0 Å². The van der Waals surface area contributed by atoms with Gasteiger partial charge in [0.15, 0.2) is 0 Å². The highest BCUT2D eigenvalue weighted by atomic mass is 19.3. The molecule has 0 bridgehead atoms. The summed E-state index contributed by atoms with van der Waals surface area (Å²) in [5.41, 5.74) is 0.665. The summed E-state index contributed by atoms with van der Waals surface area (Å²) < 4.78 is 26.2. The van der Waals surface area contributed by atoms with Crippen LogP contribution >= 0.6 is 0 Å². The molecule has 24 heavy (non-hydrogen) atoms. The molecule has 1 aliphatic carbocycles. The average molecular weight is 340 g/mol. The second kappa shape index (κ2) is 7.59. The van der Waals surface area contributed by atoms with Crippen molar-refractivity contribution in [2.24, 2.45) is 5.92 Å². The molecule has 0 saturated heterocycles. The van der Waals surface area contributed by atoms with Crippen molar-refractivity contribution >= 4 is 12.0 Å². The lowest BCUT2D eigenvalue weighted by Crippen LogP contribution is -2.43. The van der Waals surface area contributed by atoms with E-state index in [1.54, 1.807) is 12.1 Å². The van der Waals surface area contributed by atoms with Crippen molar-refractivity contribution in [2.75, 3.05) is 0 Å². The number of hydrogen-bond acceptors (Lipinski definition) is 2. The molecule has 3 N–H and O–H groups in total. The van der Waals surface area contributed by atoms with Crippen LogP contribution < -0.4 is 10.6 Å². The summed E-state index contributed by atoms with van der Waals surface area (Å²) in [6, 6.07) is 5.46. The van der Waals surface area contributed by atoms with Gasteiger partial charge < -0.3 is 15.7 Å². The highest BCUT2D eigenvalue weighted by molar-refractivity contribution is 5.74. The van der Waals surface area contributed by atoms with Crippen LogP contribution in [0.4, 0.5) is 13.6 Å². The number of carboxylic acids is 1. The van der Waals surface area contributed by atoms with E-state index in [1.807, 2.05) is 0 Å². The number of urea groups is 1.